The predicted molar refractivity (Wildman–Crippen MR) is 57.2 cm³/mol. The maximum atomic E-state index is 11.1. The second kappa shape index (κ2) is 4.71. The van der Waals surface area contributed by atoms with Gasteiger partial charge in [0.05, 0.1) is 0 Å². The molecule has 0 bridgehead atoms. The van der Waals surface area contributed by atoms with Gasteiger partial charge in [0.15, 0.2) is 5.13 Å². The van der Waals surface area contributed by atoms with Gasteiger partial charge in [0.2, 0.25) is 5.91 Å². The van der Waals surface area contributed by atoms with E-state index in [9.17, 15) is 9.36 Å². The van der Waals surface area contributed by atoms with Crippen LogP contribution in [-0.4, -0.2) is 33.9 Å². The third-order valence-corrected chi connectivity index (χ3v) is 2.89. The molecule has 15 heavy (non-hydrogen) atoms. The van der Waals surface area contributed by atoms with Crippen LogP contribution in [-0.2, 0) is 9.36 Å². The van der Waals surface area contributed by atoms with Crippen LogP contribution in [0.1, 0.15) is 0 Å². The zero-order chi connectivity index (χ0) is 11.5. The van der Waals surface area contributed by atoms with Gasteiger partial charge in [-0.2, -0.15) is 0 Å². The summed E-state index contributed by atoms with van der Waals surface area (Å²) in [6, 6.07) is 0. The van der Waals surface area contributed by atoms with Gasteiger partial charge in [-0.3, -0.25) is 9.36 Å². The molecule has 0 unspecified atom stereocenters. The van der Waals surface area contributed by atoms with Gasteiger partial charge in [0.1, 0.15) is 12.0 Å². The van der Waals surface area contributed by atoms with Crippen LogP contribution in [0.25, 0.3) is 0 Å². The molecular weight excluding hydrogens is 241 g/mol. The van der Waals surface area contributed by atoms with E-state index >= 15 is 0 Å². The van der Waals surface area contributed by atoms with Crippen LogP contribution in [0.5, 0.6) is 0 Å². The minimum Gasteiger partial charge on any atom is -0.365 e. The van der Waals surface area contributed by atoms with Crippen molar-refractivity contribution >= 4 is 35.8 Å². The molecule has 1 heterocycles. The van der Waals surface area contributed by atoms with E-state index < -0.39 is 19.7 Å². The van der Waals surface area contributed by atoms with Crippen molar-refractivity contribution in [3.63, 3.8) is 0 Å². The van der Waals surface area contributed by atoms with Gasteiger partial charge < -0.3 is 20.4 Å². The standard InChI is InChI=1S/C6H10N3O4PS/c1-7-6-9-4(3-15-6)8-5(10)2-14(11,12)13/h3H,2H2,1H3,(H,7,9)(H,8,10)(H2,11,12,13). The molecule has 0 radical (unpaired) electrons. The highest BCUT2D eigenvalue weighted by Crippen LogP contribution is 2.33. The quantitative estimate of drug-likeness (QED) is 0.573. The van der Waals surface area contributed by atoms with Crippen LogP contribution in [0.15, 0.2) is 5.38 Å². The fourth-order valence-electron chi connectivity index (χ4n) is 0.815. The molecule has 0 aliphatic carbocycles. The summed E-state index contributed by atoms with van der Waals surface area (Å²) >= 11 is 1.28. The third kappa shape index (κ3) is 4.39. The number of hydrogen-bond donors (Lipinski definition) is 4. The second-order valence-electron chi connectivity index (χ2n) is 2.66. The van der Waals surface area contributed by atoms with E-state index in [-0.39, 0.29) is 5.82 Å². The van der Waals surface area contributed by atoms with Crippen LogP contribution in [0.3, 0.4) is 0 Å². The molecule has 1 aromatic heterocycles. The third-order valence-electron chi connectivity index (χ3n) is 1.34. The van der Waals surface area contributed by atoms with Gasteiger partial charge in [-0.25, -0.2) is 4.98 Å². The lowest BCUT2D eigenvalue weighted by atomic mass is 10.6. The summed E-state index contributed by atoms with van der Waals surface area (Å²) in [5.74, 6) is -0.473. The smallest absolute Gasteiger partial charge is 0.334 e. The summed E-state index contributed by atoms with van der Waals surface area (Å²) in [7, 11) is -2.63. The summed E-state index contributed by atoms with van der Waals surface area (Å²) in [5, 5.41) is 7.24. The fraction of sp³-hybridized carbons (Fsp3) is 0.333. The van der Waals surface area contributed by atoms with Crippen molar-refractivity contribution < 1.29 is 19.1 Å². The Kier molecular flexibility index (Phi) is 3.81. The van der Waals surface area contributed by atoms with Crippen LogP contribution in [0.4, 0.5) is 10.9 Å². The summed E-state index contributed by atoms with van der Waals surface area (Å²) in [6.45, 7) is 0. The van der Waals surface area contributed by atoms with E-state index in [1.165, 1.54) is 11.3 Å². The number of nitrogens with zero attached hydrogens (tertiary/aromatic N) is 1. The lowest BCUT2D eigenvalue weighted by Crippen LogP contribution is -2.16. The molecule has 0 atom stereocenters. The van der Waals surface area contributed by atoms with E-state index in [2.05, 4.69) is 15.6 Å². The molecule has 84 valence electrons. The van der Waals surface area contributed by atoms with Gasteiger partial charge >= 0.3 is 7.60 Å². The molecule has 7 nitrogen and oxygen atoms in total. The second-order valence-corrected chi connectivity index (χ2v) is 5.16. The maximum Gasteiger partial charge on any atom is 0.334 e. The number of amides is 1. The number of carbonyl (C=O) groups excluding carboxylic acids is 1. The normalized spacial score (nSPS) is 11.1. The highest BCUT2D eigenvalue weighted by molar-refractivity contribution is 7.52. The average molecular weight is 251 g/mol. The molecule has 0 aromatic carbocycles. The topological polar surface area (TPSA) is 112 Å². The summed E-state index contributed by atoms with van der Waals surface area (Å²) in [5.41, 5.74) is 0. The van der Waals surface area contributed by atoms with Crippen molar-refractivity contribution in [3.8, 4) is 0 Å². The zero-order valence-corrected chi connectivity index (χ0v) is 9.51. The van der Waals surface area contributed by atoms with Crippen LogP contribution < -0.4 is 10.6 Å². The van der Waals surface area contributed by atoms with Crippen LogP contribution in [0.2, 0.25) is 0 Å². The van der Waals surface area contributed by atoms with Gasteiger partial charge in [-0.15, -0.1) is 11.3 Å². The van der Waals surface area contributed by atoms with E-state index in [1.807, 2.05) is 0 Å². The molecule has 0 aliphatic rings. The molecule has 0 aliphatic heterocycles. The lowest BCUT2D eigenvalue weighted by molar-refractivity contribution is -0.114. The number of nitrogens with one attached hydrogen (secondary N) is 2. The first-order valence-corrected chi connectivity index (χ1v) is 6.56. The van der Waals surface area contributed by atoms with Gasteiger partial charge in [-0.1, -0.05) is 0 Å². The van der Waals surface area contributed by atoms with E-state index in [0.717, 1.165) is 0 Å². The Morgan fingerprint density at radius 2 is 2.33 bits per heavy atom. The Labute approximate surface area is 89.7 Å². The Hall–Kier alpha value is -0.950. The first-order valence-electron chi connectivity index (χ1n) is 3.88. The molecule has 4 N–H and O–H groups in total. The Morgan fingerprint density at radius 3 is 2.80 bits per heavy atom. The molecule has 9 heteroatoms. The van der Waals surface area contributed by atoms with Crippen molar-refractivity contribution in [3.05, 3.63) is 5.38 Å². The lowest BCUT2D eigenvalue weighted by Gasteiger charge is -2.02. The maximum absolute atomic E-state index is 11.1. The van der Waals surface area contributed by atoms with E-state index in [0.29, 0.717) is 5.13 Å². The van der Waals surface area contributed by atoms with Gasteiger partial charge in [0.25, 0.3) is 0 Å². The van der Waals surface area contributed by atoms with Crippen molar-refractivity contribution in [1.29, 1.82) is 0 Å². The largest absolute Gasteiger partial charge is 0.365 e. The molecule has 0 fully saturated rings. The zero-order valence-electron chi connectivity index (χ0n) is 7.80. The number of carbonyl (C=O) groups is 1. The first kappa shape index (κ1) is 12.1. The molecule has 1 rings (SSSR count). The van der Waals surface area contributed by atoms with Crippen LogP contribution in [0, 0.1) is 0 Å². The molecule has 1 aromatic rings. The van der Waals surface area contributed by atoms with Crippen LogP contribution >= 0.6 is 18.9 Å². The van der Waals surface area contributed by atoms with E-state index in [1.54, 1.807) is 12.4 Å². The number of hydrogen-bond acceptors (Lipinski definition) is 5. The molecule has 0 saturated heterocycles. The predicted octanol–water partition coefficient (Wildman–Crippen LogP) is 0.301. The molecule has 0 spiro atoms. The highest BCUT2D eigenvalue weighted by atomic mass is 32.1. The van der Waals surface area contributed by atoms with E-state index in [4.69, 9.17) is 9.79 Å². The SMILES string of the molecule is CNc1nc(NC(=O)CP(=O)(O)O)cs1. The average Bonchev–Trinajstić information content (AvgIpc) is 2.48. The number of anilines is 2. The Bertz CT molecular complexity index is 401. The summed E-state index contributed by atoms with van der Waals surface area (Å²) < 4.78 is 10.5. The molecule has 0 saturated carbocycles. The van der Waals surface area contributed by atoms with Crippen molar-refractivity contribution in [2.45, 2.75) is 0 Å². The summed E-state index contributed by atoms with van der Waals surface area (Å²) in [4.78, 5) is 32.1. The first-order chi connectivity index (χ1) is 6.90. The van der Waals surface area contributed by atoms with Crippen molar-refractivity contribution in [2.75, 3.05) is 23.8 Å². The van der Waals surface area contributed by atoms with Crippen molar-refractivity contribution in [2.24, 2.45) is 0 Å². The number of rotatable bonds is 4. The number of aromatic nitrogens is 1. The fourth-order valence-corrected chi connectivity index (χ4v) is 1.87. The van der Waals surface area contributed by atoms with Crippen molar-refractivity contribution in [1.82, 2.24) is 4.98 Å². The number of thiazole rings is 1. The van der Waals surface area contributed by atoms with Gasteiger partial charge in [-0.05, 0) is 0 Å². The Morgan fingerprint density at radius 1 is 1.67 bits per heavy atom. The summed E-state index contributed by atoms with van der Waals surface area (Å²) in [6.07, 6.45) is -0.834. The Balaban J connectivity index is 2.55. The van der Waals surface area contributed by atoms with Gasteiger partial charge in [0, 0.05) is 12.4 Å². The monoisotopic (exact) mass is 251 g/mol. The minimum atomic E-state index is -4.31. The molecular formula is C6H10N3O4PS. The highest BCUT2D eigenvalue weighted by Gasteiger charge is 2.19. The minimum absolute atomic E-state index is 0.280. The molecule has 1 amide bonds.